The molecule has 1 aliphatic carbocycles. The summed E-state index contributed by atoms with van der Waals surface area (Å²) in [6, 6.07) is 15.2. The number of ether oxygens (including phenoxy) is 1. The van der Waals surface area contributed by atoms with Crippen LogP contribution >= 0.6 is 0 Å². The Morgan fingerprint density at radius 3 is 2.08 bits per heavy atom. The average molecular weight is 325 g/mol. The Morgan fingerprint density at radius 2 is 1.58 bits per heavy atom. The minimum atomic E-state index is -1.06. The number of aliphatic carboxylic acids is 1. The first-order chi connectivity index (χ1) is 11.5. The monoisotopic (exact) mass is 325 g/mol. The van der Waals surface area contributed by atoms with Gasteiger partial charge in [0.05, 0.1) is 0 Å². The minimum absolute atomic E-state index is 0.0325. The van der Waals surface area contributed by atoms with Gasteiger partial charge in [0.2, 0.25) is 0 Å². The van der Waals surface area contributed by atoms with Crippen LogP contribution in [-0.4, -0.2) is 41.8 Å². The van der Waals surface area contributed by atoms with Crippen LogP contribution in [0.15, 0.2) is 48.5 Å². The summed E-state index contributed by atoms with van der Waals surface area (Å²) in [5.41, 5.74) is 4.56. The number of carboxylic acid groups (broad SMARTS) is 1. The maximum Gasteiger partial charge on any atom is 0.410 e. The normalized spacial score (nSPS) is 13.8. The third kappa shape index (κ3) is 2.73. The van der Waals surface area contributed by atoms with Crippen molar-refractivity contribution in [3.05, 3.63) is 59.7 Å². The number of rotatable bonds is 4. The Morgan fingerprint density at radius 1 is 1.08 bits per heavy atom. The number of likely N-dealkylation sites (N-methyl/N-ethyl adjacent to an activating group) is 1. The molecule has 0 saturated carbocycles. The van der Waals surface area contributed by atoms with Gasteiger partial charge in [-0.05, 0) is 29.2 Å². The number of benzene rings is 2. The Bertz CT molecular complexity index is 741. The second-order valence-electron chi connectivity index (χ2n) is 5.93. The van der Waals surface area contributed by atoms with E-state index in [-0.39, 0.29) is 12.5 Å². The fraction of sp³-hybridized carbons (Fsp3) is 0.263. The van der Waals surface area contributed by atoms with Crippen LogP contribution in [0.3, 0.4) is 0 Å². The maximum atomic E-state index is 12.1. The topological polar surface area (TPSA) is 66.8 Å². The lowest BCUT2D eigenvalue weighted by atomic mass is 9.98. The first-order valence-corrected chi connectivity index (χ1v) is 7.81. The molecule has 0 unspecified atom stereocenters. The molecule has 1 amide bonds. The Balaban J connectivity index is 1.79. The van der Waals surface area contributed by atoms with E-state index in [9.17, 15) is 9.59 Å². The van der Waals surface area contributed by atoms with Crippen LogP contribution in [0.5, 0.6) is 0 Å². The van der Waals surface area contributed by atoms with E-state index >= 15 is 0 Å². The van der Waals surface area contributed by atoms with Crippen LogP contribution < -0.4 is 0 Å². The van der Waals surface area contributed by atoms with E-state index in [1.165, 1.54) is 14.0 Å². The molecule has 124 valence electrons. The van der Waals surface area contributed by atoms with E-state index in [0.29, 0.717) is 0 Å². The van der Waals surface area contributed by atoms with Crippen molar-refractivity contribution in [2.75, 3.05) is 13.7 Å². The van der Waals surface area contributed by atoms with Crippen molar-refractivity contribution in [1.82, 2.24) is 4.90 Å². The molecule has 2 aromatic carbocycles. The predicted octanol–water partition coefficient (Wildman–Crippen LogP) is 3.34. The summed E-state index contributed by atoms with van der Waals surface area (Å²) in [4.78, 5) is 24.2. The van der Waals surface area contributed by atoms with Crippen LogP contribution in [0, 0.1) is 0 Å². The number of hydrogen-bond acceptors (Lipinski definition) is 3. The Labute approximate surface area is 140 Å². The van der Waals surface area contributed by atoms with E-state index in [2.05, 4.69) is 12.1 Å². The van der Waals surface area contributed by atoms with Gasteiger partial charge >= 0.3 is 12.1 Å². The van der Waals surface area contributed by atoms with Gasteiger partial charge in [-0.2, -0.15) is 0 Å². The van der Waals surface area contributed by atoms with Gasteiger partial charge in [0.25, 0.3) is 0 Å². The molecule has 0 spiro atoms. The van der Waals surface area contributed by atoms with Crippen LogP contribution in [0.25, 0.3) is 11.1 Å². The first-order valence-electron chi connectivity index (χ1n) is 7.81. The highest BCUT2D eigenvalue weighted by Crippen LogP contribution is 2.44. The summed E-state index contributed by atoms with van der Waals surface area (Å²) in [7, 11) is 1.43. The second-order valence-corrected chi connectivity index (χ2v) is 5.93. The molecule has 0 fully saturated rings. The summed E-state index contributed by atoms with van der Waals surface area (Å²) in [5, 5.41) is 8.99. The third-order valence-corrected chi connectivity index (χ3v) is 4.56. The van der Waals surface area contributed by atoms with Gasteiger partial charge in [0, 0.05) is 13.0 Å². The van der Waals surface area contributed by atoms with E-state index in [1.807, 2.05) is 36.4 Å². The molecule has 0 saturated heterocycles. The molecule has 0 aromatic heterocycles. The predicted molar refractivity (Wildman–Crippen MR) is 89.9 cm³/mol. The van der Waals surface area contributed by atoms with Crippen LogP contribution in [0.4, 0.5) is 4.79 Å². The summed E-state index contributed by atoms with van der Waals surface area (Å²) in [5.74, 6) is -1.10. The summed E-state index contributed by atoms with van der Waals surface area (Å²) < 4.78 is 5.40. The lowest BCUT2D eigenvalue weighted by Gasteiger charge is -2.22. The van der Waals surface area contributed by atoms with Gasteiger partial charge in [0.1, 0.15) is 12.6 Å². The third-order valence-electron chi connectivity index (χ3n) is 4.56. The van der Waals surface area contributed by atoms with E-state index in [0.717, 1.165) is 27.2 Å². The summed E-state index contributed by atoms with van der Waals surface area (Å²) in [6.07, 6.45) is -0.633. The van der Waals surface area contributed by atoms with Gasteiger partial charge in [-0.3, -0.25) is 4.90 Å². The van der Waals surface area contributed by atoms with Crippen LogP contribution in [-0.2, 0) is 9.53 Å². The molecule has 0 heterocycles. The van der Waals surface area contributed by atoms with Crippen LogP contribution in [0.1, 0.15) is 24.0 Å². The van der Waals surface area contributed by atoms with Crippen molar-refractivity contribution in [2.45, 2.75) is 18.9 Å². The van der Waals surface area contributed by atoms with Crippen molar-refractivity contribution in [1.29, 1.82) is 0 Å². The first kappa shape index (κ1) is 16.1. The lowest BCUT2D eigenvalue weighted by Crippen LogP contribution is -2.40. The number of nitrogens with zero attached hydrogens (tertiary/aromatic N) is 1. The lowest BCUT2D eigenvalue weighted by molar-refractivity contribution is -0.141. The largest absolute Gasteiger partial charge is 0.480 e. The SMILES string of the molecule is C[C@H](C(=O)O)N(C)C(=O)OCC1c2ccccc2-c2ccccc21. The van der Waals surface area contributed by atoms with E-state index in [1.54, 1.807) is 0 Å². The number of carbonyl (C=O) groups excluding carboxylic acids is 1. The zero-order valence-electron chi connectivity index (χ0n) is 13.6. The molecule has 5 nitrogen and oxygen atoms in total. The molecule has 1 aliphatic rings. The highest BCUT2D eigenvalue weighted by molar-refractivity contribution is 5.80. The van der Waals surface area contributed by atoms with Gasteiger partial charge in [-0.1, -0.05) is 48.5 Å². The minimum Gasteiger partial charge on any atom is -0.480 e. The quantitative estimate of drug-likeness (QED) is 0.936. The molecule has 3 rings (SSSR count). The van der Waals surface area contributed by atoms with Crippen molar-refractivity contribution in [3.8, 4) is 11.1 Å². The molecular weight excluding hydrogens is 306 g/mol. The average Bonchev–Trinajstić information content (AvgIpc) is 2.92. The second kappa shape index (κ2) is 6.35. The van der Waals surface area contributed by atoms with Gasteiger partial charge in [0.15, 0.2) is 0 Å². The van der Waals surface area contributed by atoms with Crippen molar-refractivity contribution in [2.24, 2.45) is 0 Å². The molecule has 0 aliphatic heterocycles. The Kier molecular flexibility index (Phi) is 4.25. The zero-order valence-corrected chi connectivity index (χ0v) is 13.6. The van der Waals surface area contributed by atoms with Crippen molar-refractivity contribution < 1.29 is 19.4 Å². The van der Waals surface area contributed by atoms with Gasteiger partial charge in [-0.15, -0.1) is 0 Å². The molecule has 5 heteroatoms. The van der Waals surface area contributed by atoms with Crippen LogP contribution in [0.2, 0.25) is 0 Å². The number of hydrogen-bond donors (Lipinski definition) is 1. The highest BCUT2D eigenvalue weighted by Gasteiger charge is 2.30. The number of carbonyl (C=O) groups is 2. The number of amides is 1. The van der Waals surface area contributed by atoms with E-state index in [4.69, 9.17) is 9.84 Å². The summed E-state index contributed by atoms with van der Waals surface area (Å²) in [6.45, 7) is 1.63. The van der Waals surface area contributed by atoms with Crippen molar-refractivity contribution >= 4 is 12.1 Å². The van der Waals surface area contributed by atoms with E-state index < -0.39 is 18.1 Å². The maximum absolute atomic E-state index is 12.1. The fourth-order valence-electron chi connectivity index (χ4n) is 3.02. The molecule has 1 N–H and O–H groups in total. The molecule has 1 atom stereocenters. The summed E-state index contributed by atoms with van der Waals surface area (Å²) >= 11 is 0. The van der Waals surface area contributed by atoms with Gasteiger partial charge < -0.3 is 9.84 Å². The Hall–Kier alpha value is -2.82. The smallest absolute Gasteiger partial charge is 0.410 e. The van der Waals surface area contributed by atoms with Gasteiger partial charge in [-0.25, -0.2) is 9.59 Å². The molecule has 0 radical (unpaired) electrons. The number of carboxylic acids is 1. The highest BCUT2D eigenvalue weighted by atomic mass is 16.6. The zero-order chi connectivity index (χ0) is 17.3. The standard InChI is InChI=1S/C19H19NO4/c1-12(18(21)22)20(2)19(23)24-11-17-15-9-5-3-7-13(15)14-8-4-6-10-16(14)17/h3-10,12,17H,11H2,1-2H3,(H,21,22)/t12-/m1/s1. The molecule has 0 bridgehead atoms. The molecule has 2 aromatic rings. The van der Waals surface area contributed by atoms with Crippen molar-refractivity contribution in [3.63, 3.8) is 0 Å². The number of fused-ring (bicyclic) bond motifs is 3. The fourth-order valence-corrected chi connectivity index (χ4v) is 3.02. The molecular formula is C19H19NO4. The molecule has 24 heavy (non-hydrogen) atoms.